The first kappa shape index (κ1) is 17.8. The summed E-state index contributed by atoms with van der Waals surface area (Å²) in [6, 6.07) is 15.8. The molecule has 2 heterocycles. The van der Waals surface area contributed by atoms with Crippen molar-refractivity contribution in [1.29, 1.82) is 0 Å². The van der Waals surface area contributed by atoms with Crippen molar-refractivity contribution in [2.24, 2.45) is 0 Å². The predicted octanol–water partition coefficient (Wildman–Crippen LogP) is 3.76. The number of H-pyrrole nitrogens is 1. The van der Waals surface area contributed by atoms with E-state index in [-0.39, 0.29) is 11.8 Å². The fraction of sp³-hybridized carbons (Fsp3) is 0.286. The summed E-state index contributed by atoms with van der Waals surface area (Å²) in [4.78, 5) is 3.17. The topological polar surface area (TPSA) is 62.2 Å². The highest BCUT2D eigenvalue weighted by atomic mass is 32.1. The molecule has 4 rings (SSSR count). The molecular weight excluding hydrogens is 358 g/mol. The summed E-state index contributed by atoms with van der Waals surface area (Å²) in [6.45, 7) is 2.30. The number of aromatic amines is 1. The van der Waals surface area contributed by atoms with Gasteiger partial charge in [-0.25, -0.2) is 0 Å². The minimum Gasteiger partial charge on any atom is -0.508 e. The first-order valence-electron chi connectivity index (χ1n) is 9.19. The van der Waals surface area contributed by atoms with Crippen LogP contribution in [-0.2, 0) is 19.4 Å². The van der Waals surface area contributed by atoms with Crippen LogP contribution in [0.25, 0.3) is 0 Å². The maximum absolute atomic E-state index is 9.75. The van der Waals surface area contributed by atoms with Crippen LogP contribution in [0.1, 0.15) is 22.9 Å². The third-order valence-corrected chi connectivity index (χ3v) is 5.23. The molecule has 5 nitrogen and oxygen atoms in total. The molecule has 0 bridgehead atoms. The van der Waals surface area contributed by atoms with Crippen molar-refractivity contribution in [1.82, 2.24) is 14.9 Å². The molecule has 6 heteroatoms. The second kappa shape index (κ2) is 7.98. The molecule has 0 saturated carbocycles. The van der Waals surface area contributed by atoms with Crippen molar-refractivity contribution in [2.45, 2.75) is 25.4 Å². The second-order valence-electron chi connectivity index (χ2n) is 6.83. The Bertz CT molecular complexity index is 965. The third kappa shape index (κ3) is 4.07. The molecular formula is C21H23N3O2S. The molecule has 0 saturated heterocycles. The number of rotatable bonds is 6. The molecule has 1 atom stereocenters. The van der Waals surface area contributed by atoms with Crippen molar-refractivity contribution in [2.75, 3.05) is 13.2 Å². The number of ether oxygens (including phenoxy) is 1. The number of phenols is 1. The van der Waals surface area contributed by atoms with Gasteiger partial charge in [0.25, 0.3) is 0 Å². The number of hydrogen-bond donors (Lipinski definition) is 3. The van der Waals surface area contributed by atoms with Gasteiger partial charge in [-0.15, -0.1) is 0 Å². The van der Waals surface area contributed by atoms with Crippen molar-refractivity contribution in [3.63, 3.8) is 0 Å². The number of aromatic hydroxyl groups is 1. The lowest BCUT2D eigenvalue weighted by Gasteiger charge is -2.27. The van der Waals surface area contributed by atoms with Crippen LogP contribution in [0, 0.1) is 4.77 Å². The van der Waals surface area contributed by atoms with Crippen molar-refractivity contribution < 1.29 is 9.84 Å². The molecule has 0 spiro atoms. The molecule has 2 aromatic carbocycles. The van der Waals surface area contributed by atoms with E-state index in [2.05, 4.69) is 39.1 Å². The van der Waals surface area contributed by atoms with Crippen LogP contribution < -0.4 is 10.1 Å². The highest BCUT2D eigenvalue weighted by molar-refractivity contribution is 7.71. The summed E-state index contributed by atoms with van der Waals surface area (Å²) in [5.41, 5.74) is 3.46. The lowest BCUT2D eigenvalue weighted by atomic mass is 10.0. The number of fused-ring (bicyclic) bond motifs is 1. The quantitative estimate of drug-likeness (QED) is 0.449. The van der Waals surface area contributed by atoms with Crippen LogP contribution in [0.5, 0.6) is 11.5 Å². The summed E-state index contributed by atoms with van der Waals surface area (Å²) >= 11 is 5.52. The van der Waals surface area contributed by atoms with E-state index in [1.54, 1.807) is 12.1 Å². The SMILES string of the molecule is Oc1ccc2c(c1)C[C@H](n1c(CCNCc3ccccc3)c[nH]c1=S)CO2. The number of imidazole rings is 1. The van der Waals surface area contributed by atoms with Gasteiger partial charge < -0.3 is 24.7 Å². The van der Waals surface area contributed by atoms with Gasteiger partial charge in [-0.05, 0) is 41.5 Å². The molecule has 1 aliphatic heterocycles. The fourth-order valence-electron chi connectivity index (χ4n) is 3.58. The minimum atomic E-state index is 0.127. The third-order valence-electron chi connectivity index (χ3n) is 4.92. The molecule has 3 N–H and O–H groups in total. The standard InChI is InChI=1S/C21H23N3O2S/c25-19-6-7-20-16(11-19)10-18(14-26-20)24-17(13-23-21(24)27)8-9-22-12-15-4-2-1-3-5-15/h1-7,11,13,18,22,25H,8-10,12,14H2,(H,23,27)/t18-/m0/s1. The smallest absolute Gasteiger partial charge is 0.177 e. The Balaban J connectivity index is 1.42. The van der Waals surface area contributed by atoms with E-state index in [4.69, 9.17) is 17.0 Å². The molecule has 0 amide bonds. The molecule has 140 valence electrons. The number of benzene rings is 2. The predicted molar refractivity (Wildman–Crippen MR) is 108 cm³/mol. The zero-order valence-electron chi connectivity index (χ0n) is 15.0. The largest absolute Gasteiger partial charge is 0.508 e. The Labute approximate surface area is 163 Å². The maximum Gasteiger partial charge on any atom is 0.177 e. The molecule has 0 aliphatic carbocycles. The highest BCUT2D eigenvalue weighted by Gasteiger charge is 2.24. The Hall–Kier alpha value is -2.57. The minimum absolute atomic E-state index is 0.127. The van der Waals surface area contributed by atoms with Crippen LogP contribution in [0.2, 0.25) is 0 Å². The van der Waals surface area contributed by atoms with Crippen LogP contribution in [0.3, 0.4) is 0 Å². The summed E-state index contributed by atoms with van der Waals surface area (Å²) in [6.07, 6.45) is 3.66. The van der Waals surface area contributed by atoms with Gasteiger partial charge in [-0.1, -0.05) is 30.3 Å². The Kier molecular flexibility index (Phi) is 5.27. The molecule has 0 radical (unpaired) electrons. The average molecular weight is 382 g/mol. The van der Waals surface area contributed by atoms with Crippen LogP contribution in [0.15, 0.2) is 54.7 Å². The van der Waals surface area contributed by atoms with Gasteiger partial charge in [-0.2, -0.15) is 0 Å². The number of aromatic nitrogens is 2. The number of nitrogens with one attached hydrogen (secondary N) is 2. The average Bonchev–Trinajstić information content (AvgIpc) is 3.06. The van der Waals surface area contributed by atoms with Crippen LogP contribution >= 0.6 is 12.2 Å². The van der Waals surface area contributed by atoms with E-state index in [0.29, 0.717) is 11.4 Å². The molecule has 0 unspecified atom stereocenters. The van der Waals surface area contributed by atoms with E-state index >= 15 is 0 Å². The van der Waals surface area contributed by atoms with E-state index in [1.165, 1.54) is 5.56 Å². The second-order valence-corrected chi connectivity index (χ2v) is 7.22. The van der Waals surface area contributed by atoms with Gasteiger partial charge in [-0.3, -0.25) is 0 Å². The van der Waals surface area contributed by atoms with Gasteiger partial charge >= 0.3 is 0 Å². The number of nitrogens with zero attached hydrogens (tertiary/aromatic N) is 1. The lowest BCUT2D eigenvalue weighted by Crippen LogP contribution is -2.27. The van der Waals surface area contributed by atoms with Gasteiger partial charge in [0, 0.05) is 37.8 Å². The van der Waals surface area contributed by atoms with E-state index in [1.807, 2.05) is 18.3 Å². The van der Waals surface area contributed by atoms with Crippen molar-refractivity contribution in [3.8, 4) is 11.5 Å². The van der Waals surface area contributed by atoms with Crippen LogP contribution in [0.4, 0.5) is 0 Å². The fourth-order valence-corrected chi connectivity index (χ4v) is 3.91. The first-order chi connectivity index (χ1) is 13.2. The van der Waals surface area contributed by atoms with Gasteiger partial charge in [0.1, 0.15) is 18.1 Å². The van der Waals surface area contributed by atoms with Gasteiger partial charge in [0.05, 0.1) is 6.04 Å². The highest BCUT2D eigenvalue weighted by Crippen LogP contribution is 2.32. The van der Waals surface area contributed by atoms with Gasteiger partial charge in [0.2, 0.25) is 0 Å². The number of hydrogen-bond acceptors (Lipinski definition) is 4. The lowest BCUT2D eigenvalue weighted by molar-refractivity contribution is 0.220. The zero-order valence-corrected chi connectivity index (χ0v) is 15.8. The molecule has 27 heavy (non-hydrogen) atoms. The molecule has 0 fully saturated rings. The zero-order chi connectivity index (χ0) is 18.6. The monoisotopic (exact) mass is 381 g/mol. The van der Waals surface area contributed by atoms with E-state index < -0.39 is 0 Å². The molecule has 1 aromatic heterocycles. The summed E-state index contributed by atoms with van der Waals surface area (Å²) in [5.74, 6) is 1.11. The Morgan fingerprint density at radius 3 is 2.93 bits per heavy atom. The van der Waals surface area contributed by atoms with E-state index in [9.17, 15) is 5.11 Å². The van der Waals surface area contributed by atoms with Crippen molar-refractivity contribution in [3.05, 3.63) is 76.3 Å². The Morgan fingerprint density at radius 2 is 2.07 bits per heavy atom. The summed E-state index contributed by atoms with van der Waals surface area (Å²) < 4.78 is 8.77. The first-order valence-corrected chi connectivity index (χ1v) is 9.59. The normalized spacial score (nSPS) is 15.9. The maximum atomic E-state index is 9.75. The number of phenolic OH excluding ortho intramolecular Hbond substituents is 1. The molecule has 1 aliphatic rings. The Morgan fingerprint density at radius 1 is 1.22 bits per heavy atom. The van der Waals surface area contributed by atoms with Gasteiger partial charge in [0.15, 0.2) is 4.77 Å². The molecule has 3 aromatic rings. The van der Waals surface area contributed by atoms with Crippen molar-refractivity contribution >= 4 is 12.2 Å². The summed E-state index contributed by atoms with van der Waals surface area (Å²) in [5, 5.41) is 13.2. The van der Waals surface area contributed by atoms with Crippen LogP contribution in [-0.4, -0.2) is 27.8 Å². The summed E-state index contributed by atoms with van der Waals surface area (Å²) in [7, 11) is 0. The van der Waals surface area contributed by atoms with E-state index in [0.717, 1.165) is 42.9 Å².